The third-order valence-electron chi connectivity index (χ3n) is 14.9. The number of methoxy groups -OCH3 is 9. The molecule has 0 N–H and O–H groups in total. The number of aromatic nitrogens is 1. The number of nitrogens with zero attached hydrogens (tertiary/aromatic N) is 4. The van der Waals surface area contributed by atoms with Crippen molar-refractivity contribution in [1.82, 2.24) is 4.98 Å². The number of nitro groups is 2. The van der Waals surface area contributed by atoms with Crippen LogP contribution in [0.1, 0.15) is 118 Å². The number of fused-ring (bicyclic) bond motifs is 4. The van der Waals surface area contributed by atoms with Crippen LogP contribution in [0.25, 0.3) is 16.7 Å². The summed E-state index contributed by atoms with van der Waals surface area (Å²) in [5.74, 6) is 0.799. The lowest BCUT2D eigenvalue weighted by atomic mass is 9.92. The zero-order valence-electron chi connectivity index (χ0n) is 60.8. The first-order valence-electron chi connectivity index (χ1n) is 31.9. The minimum Gasteiger partial charge on any atom is -0.384 e. The third kappa shape index (κ3) is 36.6. The minimum absolute atomic E-state index is 0.000000000000000222. The molecule has 6 aromatic carbocycles. The smallest absolute Gasteiger partial charge is 0.269 e. The molecule has 1 heterocycles. The average Bonchev–Trinajstić information content (AvgIpc) is 1.68. The van der Waals surface area contributed by atoms with Gasteiger partial charge in [0.2, 0.25) is 0 Å². The standard InChI is InChI=1S/C15H14N2O5.C15H14O.C12H14O.C8H11NO.C8H10O.C6H11NO.C5H11BrO.C5H11ClO.C4H8Cl2O/c1-22-10-15(11-2-6-13(7-3-11)16(18)19)12-4-8-14(9-5-12)17(20)21;1-16-10-15-13-8-4-2-6-11(13)12-7-3-5-9-14(12)15;1-9-7-10-5-3-4-6-11(10)12(9)8-13-2;1-10-7-4-8-2-5-9-6-3-8;1-9-7-8-5-3-2-4-6-8;1-6(2,8-3)4-5-7;2*1-5(2,4-6)7-3;1-4(5,6)3-7-2/h2-9,15H,10H2,1H3;2-9,15H,10H2,1H3;3-6H,7-8H2,1-2H3;2-3,5-6H,4,7H2,1H3;2-6H,7H2,1H3;4H2,1-3H3;2*4H2,1-3H3;3H2,1-2H3. The lowest BCUT2D eigenvalue weighted by Gasteiger charge is -2.18. The van der Waals surface area contributed by atoms with Crippen LogP contribution in [0.3, 0.4) is 0 Å². The Morgan fingerprint density at radius 3 is 1.38 bits per heavy atom. The number of hydrogen-bond donors (Lipinski definition) is 0. The first kappa shape index (κ1) is 90.5. The van der Waals surface area contributed by atoms with E-state index in [1.807, 2.05) is 90.1 Å². The normalized spacial score (nSPS) is 11.8. The Morgan fingerprint density at radius 2 is 1.03 bits per heavy atom. The van der Waals surface area contributed by atoms with Crippen LogP contribution in [0.2, 0.25) is 0 Å². The van der Waals surface area contributed by atoms with Gasteiger partial charge in [0.1, 0.15) is 4.33 Å². The van der Waals surface area contributed by atoms with Crippen LogP contribution in [0, 0.1) is 31.6 Å². The number of alkyl halides is 4. The highest BCUT2D eigenvalue weighted by atomic mass is 79.9. The highest BCUT2D eigenvalue weighted by Crippen LogP contribution is 2.44. The van der Waals surface area contributed by atoms with Crippen molar-refractivity contribution < 1.29 is 52.5 Å². The molecular weight excluding hydrogens is 1390 g/mol. The van der Waals surface area contributed by atoms with Gasteiger partial charge in [-0.3, -0.25) is 25.2 Å². The van der Waals surface area contributed by atoms with E-state index in [4.69, 9.17) is 78.0 Å². The predicted molar refractivity (Wildman–Crippen MR) is 407 cm³/mol. The molecule has 17 nitrogen and oxygen atoms in total. The fourth-order valence-electron chi connectivity index (χ4n) is 8.89. The van der Waals surface area contributed by atoms with Crippen molar-refractivity contribution in [2.24, 2.45) is 0 Å². The highest BCUT2D eigenvalue weighted by molar-refractivity contribution is 9.09. The van der Waals surface area contributed by atoms with Crippen molar-refractivity contribution in [3.8, 4) is 17.2 Å². The van der Waals surface area contributed by atoms with Gasteiger partial charge >= 0.3 is 0 Å². The summed E-state index contributed by atoms with van der Waals surface area (Å²) in [5.41, 5.74) is 15.0. The van der Waals surface area contributed by atoms with Crippen molar-refractivity contribution in [3.63, 3.8) is 0 Å². The number of ether oxygens (including phenoxy) is 9. The molecule has 2 aliphatic rings. The molecule has 2 aliphatic carbocycles. The van der Waals surface area contributed by atoms with Crippen molar-refractivity contribution in [1.29, 1.82) is 5.26 Å². The molecule has 9 rings (SSSR count). The molecule has 99 heavy (non-hydrogen) atoms. The molecule has 0 aliphatic heterocycles. The van der Waals surface area contributed by atoms with Crippen molar-refractivity contribution in [2.75, 3.05) is 108 Å². The van der Waals surface area contributed by atoms with Crippen LogP contribution < -0.4 is 0 Å². The van der Waals surface area contributed by atoms with Gasteiger partial charge in [0.05, 0.1) is 84.7 Å². The summed E-state index contributed by atoms with van der Waals surface area (Å²) in [7, 11) is 15.0. The minimum atomic E-state index is -0.727. The number of allylic oxidation sites excluding steroid dienone is 1. The summed E-state index contributed by atoms with van der Waals surface area (Å²) in [4.78, 5) is 24.4. The topological polar surface area (TPSA) is 206 Å². The number of halogens is 4. The molecule has 0 atom stereocenters. The second-order valence-electron chi connectivity index (χ2n) is 24.4. The van der Waals surface area contributed by atoms with Crippen molar-refractivity contribution >= 4 is 67.7 Å². The maximum absolute atomic E-state index is 10.7. The van der Waals surface area contributed by atoms with E-state index in [-0.39, 0.29) is 34.1 Å². The Bertz CT molecular complexity index is 3280. The maximum atomic E-state index is 10.7. The predicted octanol–water partition coefficient (Wildman–Crippen LogP) is 19.1. The number of hydrogen-bond acceptors (Lipinski definition) is 15. The quantitative estimate of drug-likeness (QED) is 0.0332. The zero-order chi connectivity index (χ0) is 74.5. The Balaban J connectivity index is 0.000000576. The van der Waals surface area contributed by atoms with Gasteiger partial charge in [-0.15, -0.1) is 11.6 Å². The summed E-state index contributed by atoms with van der Waals surface area (Å²) >= 11 is 19.7. The number of non-ortho nitro benzene ring substituents is 2. The SMILES string of the molecule is COC(C)(C)CBr.COC(C)(C)CC#N.COC(C)(C)CCl.COCC(C)(Cl)Cl.COCC(c1ccc([N+](=O)[O-])cc1)c1ccc([N+](=O)[O-])cc1.COCC1=C(C)Cc2ccccc21.COCC1c2ccccc2-c2ccccc21.COCCc1ccncc1.COCc1ccccc1. The van der Waals surface area contributed by atoms with Crippen molar-refractivity contribution in [3.05, 3.63) is 246 Å². The number of rotatable bonds is 23. The Morgan fingerprint density at radius 1 is 0.566 bits per heavy atom. The molecule has 1 aromatic heterocycles. The van der Waals surface area contributed by atoms with Crippen LogP contribution in [-0.4, -0.2) is 144 Å². The number of nitro benzene ring substituents is 2. The Kier molecular flexibility index (Phi) is 45.6. The monoisotopic (exact) mass is 1490 g/mol. The molecule has 0 unspecified atom stereocenters. The molecule has 0 bridgehead atoms. The van der Waals surface area contributed by atoms with E-state index in [9.17, 15) is 20.2 Å². The molecule has 0 spiro atoms. The van der Waals surface area contributed by atoms with Gasteiger partial charge in [-0.25, -0.2) is 0 Å². The molecule has 0 saturated heterocycles. The van der Waals surface area contributed by atoms with Crippen LogP contribution >= 0.6 is 50.7 Å². The molecule has 0 fully saturated rings. The average molecular weight is 1490 g/mol. The largest absolute Gasteiger partial charge is 0.384 e. The van der Waals surface area contributed by atoms with E-state index in [0.29, 0.717) is 38.0 Å². The van der Waals surface area contributed by atoms with Crippen LogP contribution in [-0.2, 0) is 62.1 Å². The first-order chi connectivity index (χ1) is 47.1. The van der Waals surface area contributed by atoms with Gasteiger partial charge in [0.25, 0.3) is 11.4 Å². The number of pyridine rings is 1. The fraction of sp³-hybridized carbons (Fsp3) is 0.436. The summed E-state index contributed by atoms with van der Waals surface area (Å²) < 4.78 is 44.5. The summed E-state index contributed by atoms with van der Waals surface area (Å²) in [6, 6.07) is 54.3. The molecule has 0 saturated carbocycles. The summed E-state index contributed by atoms with van der Waals surface area (Å²) in [6.45, 7) is 19.3. The van der Waals surface area contributed by atoms with Crippen LogP contribution in [0.15, 0.2) is 182 Å². The van der Waals surface area contributed by atoms with Gasteiger partial charge in [0, 0.05) is 118 Å². The maximum Gasteiger partial charge on any atom is 0.269 e. The van der Waals surface area contributed by atoms with E-state index in [0.717, 1.165) is 49.1 Å². The van der Waals surface area contributed by atoms with E-state index in [1.165, 1.54) is 79.9 Å². The first-order valence-corrected chi connectivity index (χ1v) is 34.3. The van der Waals surface area contributed by atoms with Gasteiger partial charge in [0.15, 0.2) is 0 Å². The molecule has 0 radical (unpaired) electrons. The molecule has 0 amide bonds. The Hall–Kier alpha value is -6.51. The van der Waals surface area contributed by atoms with E-state index in [1.54, 1.807) is 108 Å². The third-order valence-corrected chi connectivity index (χ3v) is 17.2. The van der Waals surface area contributed by atoms with E-state index < -0.39 is 14.2 Å². The number of benzene rings is 6. The van der Waals surface area contributed by atoms with Crippen molar-refractivity contribution in [2.45, 2.75) is 114 Å². The van der Waals surface area contributed by atoms with Crippen LogP contribution in [0.5, 0.6) is 0 Å². The molecule has 21 heteroatoms. The molecule has 542 valence electrons. The van der Waals surface area contributed by atoms with E-state index in [2.05, 4.69) is 105 Å². The van der Waals surface area contributed by atoms with Gasteiger partial charge in [-0.05, 0) is 142 Å². The highest BCUT2D eigenvalue weighted by Gasteiger charge is 2.28. The van der Waals surface area contributed by atoms with Gasteiger partial charge in [-0.1, -0.05) is 172 Å². The Labute approximate surface area is 612 Å². The number of nitriles is 1. The summed E-state index contributed by atoms with van der Waals surface area (Å²) in [6.07, 6.45) is 6.10. The summed E-state index contributed by atoms with van der Waals surface area (Å²) in [5, 5.41) is 30.5. The second-order valence-corrected chi connectivity index (χ2v) is 27.1. The van der Waals surface area contributed by atoms with Gasteiger partial charge < -0.3 is 42.6 Å². The van der Waals surface area contributed by atoms with Gasteiger partial charge in [-0.2, -0.15) is 5.26 Å². The lowest BCUT2D eigenvalue weighted by Crippen LogP contribution is -2.23. The molecule has 7 aromatic rings. The fourth-order valence-corrected chi connectivity index (χ4v) is 9.44. The second kappa shape index (κ2) is 49.9. The van der Waals surface area contributed by atoms with E-state index >= 15 is 0 Å². The van der Waals surface area contributed by atoms with Crippen LogP contribution in [0.4, 0.5) is 11.4 Å². The zero-order valence-corrected chi connectivity index (χ0v) is 64.6. The lowest BCUT2D eigenvalue weighted by molar-refractivity contribution is -0.385. The molecular formula is C78H104BrCl3N4O13.